The summed E-state index contributed by atoms with van der Waals surface area (Å²) in [4.78, 5) is 11.7. The molecule has 5 heteroatoms. The van der Waals surface area contributed by atoms with Crippen LogP contribution >= 0.6 is 23.2 Å². The lowest BCUT2D eigenvalue weighted by atomic mass is 10.3. The molecule has 1 aromatic rings. The molecule has 1 amide bonds. The van der Waals surface area contributed by atoms with Crippen molar-refractivity contribution in [3.05, 3.63) is 28.2 Å². The number of hydrogen-bond acceptors (Lipinski definition) is 2. The minimum absolute atomic E-state index is 0.127. The van der Waals surface area contributed by atoms with Crippen LogP contribution in [0.2, 0.25) is 10.0 Å². The van der Waals surface area contributed by atoms with Gasteiger partial charge in [-0.15, -0.1) is 0 Å². The Kier molecular flexibility index (Phi) is 4.49. The summed E-state index contributed by atoms with van der Waals surface area (Å²) >= 11 is 11.9. The SMILES string of the molecule is CC1CC1CNCC(=O)Nc1c(Cl)cccc1Cl. The van der Waals surface area contributed by atoms with Gasteiger partial charge in [0.2, 0.25) is 5.91 Å². The molecule has 0 heterocycles. The van der Waals surface area contributed by atoms with Crippen molar-refractivity contribution >= 4 is 34.8 Å². The molecule has 0 aliphatic heterocycles. The molecule has 2 unspecified atom stereocenters. The van der Waals surface area contributed by atoms with Crippen LogP contribution in [-0.4, -0.2) is 19.0 Å². The molecule has 98 valence electrons. The topological polar surface area (TPSA) is 41.1 Å². The molecule has 2 atom stereocenters. The number of halogens is 2. The normalized spacial score (nSPS) is 21.7. The standard InChI is InChI=1S/C13H16Cl2N2O/c1-8-5-9(8)6-16-7-12(18)17-13-10(14)3-2-4-11(13)15/h2-4,8-9,16H,5-7H2,1H3,(H,17,18). The molecule has 1 saturated carbocycles. The Balaban J connectivity index is 1.79. The molecule has 0 bridgehead atoms. The van der Waals surface area contributed by atoms with Gasteiger partial charge in [-0.25, -0.2) is 0 Å². The van der Waals surface area contributed by atoms with Crippen LogP contribution in [0.1, 0.15) is 13.3 Å². The number of hydrogen-bond donors (Lipinski definition) is 2. The van der Waals surface area contributed by atoms with E-state index < -0.39 is 0 Å². The highest BCUT2D eigenvalue weighted by Gasteiger charge is 2.31. The van der Waals surface area contributed by atoms with E-state index in [0.717, 1.165) is 18.4 Å². The van der Waals surface area contributed by atoms with Gasteiger partial charge in [0.1, 0.15) is 0 Å². The lowest BCUT2D eigenvalue weighted by Gasteiger charge is -2.09. The summed E-state index contributed by atoms with van der Waals surface area (Å²) in [6.07, 6.45) is 1.25. The summed E-state index contributed by atoms with van der Waals surface area (Å²) in [5.74, 6) is 1.39. The molecule has 1 aliphatic carbocycles. The zero-order valence-electron chi connectivity index (χ0n) is 10.2. The summed E-state index contributed by atoms with van der Waals surface area (Å²) in [5.41, 5.74) is 0.479. The van der Waals surface area contributed by atoms with Crippen molar-refractivity contribution < 1.29 is 4.79 Å². The van der Waals surface area contributed by atoms with Crippen molar-refractivity contribution in [2.45, 2.75) is 13.3 Å². The Morgan fingerprint density at radius 1 is 1.39 bits per heavy atom. The summed E-state index contributed by atoms with van der Waals surface area (Å²) in [6, 6.07) is 5.14. The predicted molar refractivity (Wildman–Crippen MR) is 75.2 cm³/mol. The van der Waals surface area contributed by atoms with E-state index in [1.54, 1.807) is 18.2 Å². The molecule has 0 spiro atoms. The van der Waals surface area contributed by atoms with E-state index in [1.807, 2.05) is 0 Å². The van der Waals surface area contributed by atoms with E-state index in [1.165, 1.54) is 6.42 Å². The first-order chi connectivity index (χ1) is 8.58. The van der Waals surface area contributed by atoms with Crippen molar-refractivity contribution in [1.82, 2.24) is 5.32 Å². The Labute approximate surface area is 117 Å². The Hall–Kier alpha value is -0.770. The van der Waals surface area contributed by atoms with Crippen LogP contribution in [0.3, 0.4) is 0 Å². The smallest absolute Gasteiger partial charge is 0.238 e. The van der Waals surface area contributed by atoms with Crippen LogP contribution in [0, 0.1) is 11.8 Å². The maximum absolute atomic E-state index is 11.7. The number of anilines is 1. The number of rotatable bonds is 5. The predicted octanol–water partition coefficient (Wildman–Crippen LogP) is 3.18. The average Bonchev–Trinajstić information content (AvgIpc) is 3.00. The zero-order chi connectivity index (χ0) is 13.1. The van der Waals surface area contributed by atoms with Crippen LogP contribution in [0.25, 0.3) is 0 Å². The third-order valence-corrected chi connectivity index (χ3v) is 3.83. The van der Waals surface area contributed by atoms with E-state index in [0.29, 0.717) is 15.7 Å². The molecule has 0 saturated heterocycles. The maximum Gasteiger partial charge on any atom is 0.238 e. The van der Waals surface area contributed by atoms with Crippen molar-refractivity contribution in [3.63, 3.8) is 0 Å². The van der Waals surface area contributed by atoms with Gasteiger partial charge < -0.3 is 10.6 Å². The van der Waals surface area contributed by atoms with Crippen LogP contribution in [0.5, 0.6) is 0 Å². The third-order valence-electron chi connectivity index (χ3n) is 3.20. The first-order valence-electron chi connectivity index (χ1n) is 6.02. The number of nitrogens with one attached hydrogen (secondary N) is 2. The van der Waals surface area contributed by atoms with Gasteiger partial charge in [-0.05, 0) is 36.9 Å². The average molecular weight is 287 g/mol. The van der Waals surface area contributed by atoms with Crippen molar-refractivity contribution in [3.8, 4) is 0 Å². The first-order valence-corrected chi connectivity index (χ1v) is 6.78. The molecule has 0 radical (unpaired) electrons. The number of benzene rings is 1. The van der Waals surface area contributed by atoms with Crippen LogP contribution < -0.4 is 10.6 Å². The van der Waals surface area contributed by atoms with Gasteiger partial charge in [-0.3, -0.25) is 4.79 Å². The van der Waals surface area contributed by atoms with Gasteiger partial charge in [0, 0.05) is 0 Å². The number of amides is 1. The Morgan fingerprint density at radius 3 is 2.56 bits per heavy atom. The van der Waals surface area contributed by atoms with E-state index in [4.69, 9.17) is 23.2 Å². The van der Waals surface area contributed by atoms with Gasteiger partial charge >= 0.3 is 0 Å². The molecule has 1 fully saturated rings. The summed E-state index contributed by atoms with van der Waals surface area (Å²) in [5, 5.41) is 6.76. The lowest BCUT2D eigenvalue weighted by Crippen LogP contribution is -2.29. The molecular formula is C13H16Cl2N2O. The van der Waals surface area contributed by atoms with Crippen LogP contribution in [0.15, 0.2) is 18.2 Å². The Morgan fingerprint density at radius 2 is 2.00 bits per heavy atom. The van der Waals surface area contributed by atoms with Crippen LogP contribution in [0.4, 0.5) is 5.69 Å². The van der Waals surface area contributed by atoms with Gasteiger partial charge in [0.15, 0.2) is 0 Å². The molecule has 1 aliphatic rings. The van der Waals surface area contributed by atoms with Crippen molar-refractivity contribution in [2.24, 2.45) is 11.8 Å². The van der Waals surface area contributed by atoms with E-state index in [-0.39, 0.29) is 12.5 Å². The number of carbonyl (C=O) groups excluding carboxylic acids is 1. The fourth-order valence-corrected chi connectivity index (χ4v) is 2.35. The van der Waals surface area contributed by atoms with E-state index >= 15 is 0 Å². The molecule has 3 nitrogen and oxygen atoms in total. The fraction of sp³-hybridized carbons (Fsp3) is 0.462. The summed E-state index contributed by atoms with van der Waals surface area (Å²) < 4.78 is 0. The third kappa shape index (κ3) is 3.61. The zero-order valence-corrected chi connectivity index (χ0v) is 11.7. The second-order valence-corrected chi connectivity index (χ2v) is 5.56. The van der Waals surface area contributed by atoms with Crippen molar-refractivity contribution in [1.29, 1.82) is 0 Å². The quantitative estimate of drug-likeness (QED) is 0.873. The van der Waals surface area contributed by atoms with Crippen LogP contribution in [-0.2, 0) is 4.79 Å². The second kappa shape index (κ2) is 5.91. The highest BCUT2D eigenvalue weighted by atomic mass is 35.5. The summed E-state index contributed by atoms with van der Waals surface area (Å²) in [6.45, 7) is 3.39. The molecule has 2 rings (SSSR count). The minimum Gasteiger partial charge on any atom is -0.322 e. The minimum atomic E-state index is -0.127. The highest BCUT2D eigenvalue weighted by Crippen LogP contribution is 2.36. The molecule has 0 aromatic heterocycles. The highest BCUT2D eigenvalue weighted by molar-refractivity contribution is 6.39. The maximum atomic E-state index is 11.7. The van der Waals surface area contributed by atoms with Crippen molar-refractivity contribution in [2.75, 3.05) is 18.4 Å². The molecule has 18 heavy (non-hydrogen) atoms. The monoisotopic (exact) mass is 286 g/mol. The van der Waals surface area contributed by atoms with Gasteiger partial charge in [0.05, 0.1) is 22.3 Å². The summed E-state index contributed by atoms with van der Waals surface area (Å²) in [7, 11) is 0. The molecule has 1 aromatic carbocycles. The van der Waals surface area contributed by atoms with Gasteiger partial charge in [-0.2, -0.15) is 0 Å². The largest absolute Gasteiger partial charge is 0.322 e. The van der Waals surface area contributed by atoms with Gasteiger partial charge in [-0.1, -0.05) is 36.2 Å². The first kappa shape index (κ1) is 13.7. The van der Waals surface area contributed by atoms with E-state index in [2.05, 4.69) is 17.6 Å². The lowest BCUT2D eigenvalue weighted by molar-refractivity contribution is -0.115. The second-order valence-electron chi connectivity index (χ2n) is 4.75. The molecular weight excluding hydrogens is 271 g/mol. The Bertz CT molecular complexity index is 430. The number of carbonyl (C=O) groups is 1. The molecule has 2 N–H and O–H groups in total. The van der Waals surface area contributed by atoms with Gasteiger partial charge in [0.25, 0.3) is 0 Å². The number of para-hydroxylation sites is 1. The van der Waals surface area contributed by atoms with E-state index in [9.17, 15) is 4.79 Å². The fourth-order valence-electron chi connectivity index (χ4n) is 1.86.